The first-order chi connectivity index (χ1) is 7.89. The third-order valence-corrected chi connectivity index (χ3v) is 3.17. The average molecular weight is 292 g/mol. The van der Waals surface area contributed by atoms with E-state index in [1.54, 1.807) is 6.07 Å². The Kier molecular flexibility index (Phi) is 5.01. The molecule has 2 aromatic rings. The van der Waals surface area contributed by atoms with Gasteiger partial charge in [0.05, 0.1) is 15.2 Å². The van der Waals surface area contributed by atoms with Gasteiger partial charge < -0.3 is 0 Å². The van der Waals surface area contributed by atoms with Crippen molar-refractivity contribution in [2.75, 3.05) is 0 Å². The number of nitrogens with zero attached hydrogens (tertiary/aromatic N) is 1. The topological polar surface area (TPSA) is 97.5 Å². The second kappa shape index (κ2) is 5.74. The van der Waals surface area contributed by atoms with Crippen molar-refractivity contribution < 1.29 is 17.9 Å². The molecule has 0 saturated carbocycles. The standard InChI is InChI=1S/C10H7NO5S.K/c12-11(13)10-3-1-2-7-4-5-8(6-9(7)10)17(14,15)16;/h1-6H,(H,14,15,16);. The van der Waals surface area contributed by atoms with E-state index in [4.69, 9.17) is 4.55 Å². The van der Waals surface area contributed by atoms with E-state index >= 15 is 0 Å². The zero-order chi connectivity index (χ0) is 12.6. The van der Waals surface area contributed by atoms with Crippen LogP contribution in [0.2, 0.25) is 0 Å². The smallest absolute Gasteiger partial charge is 0.282 e. The second-order valence-corrected chi connectivity index (χ2v) is 4.81. The van der Waals surface area contributed by atoms with Gasteiger partial charge in [0.25, 0.3) is 15.8 Å². The summed E-state index contributed by atoms with van der Waals surface area (Å²) in [5.74, 6) is 0. The normalized spacial score (nSPS) is 10.9. The number of rotatable bonds is 2. The predicted molar refractivity (Wildman–Crippen MR) is 66.2 cm³/mol. The minimum Gasteiger partial charge on any atom is -0.282 e. The van der Waals surface area contributed by atoms with Crippen LogP contribution in [0.4, 0.5) is 5.69 Å². The van der Waals surface area contributed by atoms with Crippen molar-refractivity contribution in [2.24, 2.45) is 0 Å². The number of fused-ring (bicyclic) bond motifs is 1. The molecule has 0 aliphatic carbocycles. The third kappa shape index (κ3) is 3.15. The molecule has 0 heterocycles. The number of hydrogen-bond donors (Lipinski definition) is 1. The molecular formula is C10H7KNO5S. The van der Waals surface area contributed by atoms with Gasteiger partial charge >= 0.3 is 0 Å². The fraction of sp³-hybridized carbons (Fsp3) is 0. The van der Waals surface area contributed by atoms with E-state index in [1.807, 2.05) is 0 Å². The summed E-state index contributed by atoms with van der Waals surface area (Å²) in [6, 6.07) is 8.09. The van der Waals surface area contributed by atoms with E-state index in [2.05, 4.69) is 0 Å². The first-order valence-corrected chi connectivity index (χ1v) is 5.98. The van der Waals surface area contributed by atoms with E-state index in [0.717, 1.165) is 6.07 Å². The first-order valence-electron chi connectivity index (χ1n) is 4.54. The molecule has 8 heteroatoms. The quantitative estimate of drug-likeness (QED) is 0.392. The van der Waals surface area contributed by atoms with Crippen LogP contribution in [-0.4, -0.2) is 69.3 Å². The van der Waals surface area contributed by atoms with E-state index in [1.165, 1.54) is 24.3 Å². The van der Waals surface area contributed by atoms with Gasteiger partial charge in [-0.15, -0.1) is 0 Å². The Morgan fingerprint density at radius 2 is 1.83 bits per heavy atom. The maximum Gasteiger partial charge on any atom is 0.294 e. The van der Waals surface area contributed by atoms with Crippen LogP contribution in [0.1, 0.15) is 0 Å². The van der Waals surface area contributed by atoms with Gasteiger partial charge in [0.2, 0.25) is 0 Å². The van der Waals surface area contributed by atoms with E-state index in [-0.39, 0.29) is 67.4 Å². The Labute approximate surface area is 145 Å². The molecule has 1 radical (unpaired) electrons. The summed E-state index contributed by atoms with van der Waals surface area (Å²) in [4.78, 5) is 9.81. The largest absolute Gasteiger partial charge is 0.294 e. The summed E-state index contributed by atoms with van der Waals surface area (Å²) >= 11 is 0. The molecule has 18 heavy (non-hydrogen) atoms. The SMILES string of the molecule is O=[N+]([O-])c1cccc2ccc(S(=O)(=O)O)cc12.[K]. The Morgan fingerprint density at radius 1 is 1.17 bits per heavy atom. The Balaban J connectivity index is 0.00000162. The van der Waals surface area contributed by atoms with Crippen molar-refractivity contribution >= 4 is 78.0 Å². The van der Waals surface area contributed by atoms with Gasteiger partial charge in [-0.25, -0.2) is 0 Å². The van der Waals surface area contributed by atoms with Gasteiger partial charge in [-0.3, -0.25) is 14.7 Å². The molecule has 6 nitrogen and oxygen atoms in total. The molecule has 2 rings (SSSR count). The molecule has 89 valence electrons. The molecule has 0 fully saturated rings. The van der Waals surface area contributed by atoms with Crippen LogP contribution in [0, 0.1) is 10.1 Å². The first kappa shape index (κ1) is 15.7. The van der Waals surface area contributed by atoms with E-state index in [9.17, 15) is 18.5 Å². The van der Waals surface area contributed by atoms with Crippen molar-refractivity contribution in [1.82, 2.24) is 0 Å². The molecule has 0 aromatic heterocycles. The molecular weight excluding hydrogens is 285 g/mol. The monoisotopic (exact) mass is 292 g/mol. The molecule has 0 unspecified atom stereocenters. The molecule has 0 aliphatic heterocycles. The maximum atomic E-state index is 10.9. The van der Waals surface area contributed by atoms with Crippen LogP contribution in [0.25, 0.3) is 10.8 Å². The number of nitro benzene ring substituents is 1. The third-order valence-electron chi connectivity index (χ3n) is 2.33. The number of benzene rings is 2. The van der Waals surface area contributed by atoms with E-state index in [0.29, 0.717) is 5.39 Å². The summed E-state index contributed by atoms with van der Waals surface area (Å²) < 4.78 is 30.8. The Hall–Kier alpha value is -0.354. The zero-order valence-electron chi connectivity index (χ0n) is 9.40. The summed E-state index contributed by atoms with van der Waals surface area (Å²) in [5, 5.41) is 11.5. The van der Waals surface area contributed by atoms with Crippen molar-refractivity contribution in [1.29, 1.82) is 0 Å². The van der Waals surface area contributed by atoms with Crippen molar-refractivity contribution in [3.05, 3.63) is 46.5 Å². The Bertz CT molecular complexity index is 713. The summed E-state index contributed by atoms with van der Waals surface area (Å²) in [6.45, 7) is 0. The predicted octanol–water partition coefficient (Wildman–Crippen LogP) is 1.61. The molecule has 2 aromatic carbocycles. The van der Waals surface area contributed by atoms with Gasteiger partial charge in [0, 0.05) is 57.5 Å². The van der Waals surface area contributed by atoms with E-state index < -0.39 is 15.0 Å². The van der Waals surface area contributed by atoms with Crippen LogP contribution >= 0.6 is 0 Å². The molecule has 0 amide bonds. The van der Waals surface area contributed by atoms with Gasteiger partial charge in [-0.2, -0.15) is 8.42 Å². The van der Waals surface area contributed by atoms with Gasteiger partial charge in [-0.1, -0.05) is 18.2 Å². The fourth-order valence-electron chi connectivity index (χ4n) is 1.55. The van der Waals surface area contributed by atoms with Gasteiger partial charge in [0.1, 0.15) is 0 Å². The number of non-ortho nitro benzene ring substituents is 1. The van der Waals surface area contributed by atoms with Crippen LogP contribution < -0.4 is 0 Å². The number of hydrogen-bond acceptors (Lipinski definition) is 4. The summed E-state index contributed by atoms with van der Waals surface area (Å²) in [5.41, 5.74) is -0.201. The summed E-state index contributed by atoms with van der Waals surface area (Å²) in [7, 11) is -4.36. The molecule has 1 N–H and O–H groups in total. The van der Waals surface area contributed by atoms with Crippen LogP contribution in [0.15, 0.2) is 41.3 Å². The van der Waals surface area contributed by atoms with Crippen molar-refractivity contribution in [3.8, 4) is 0 Å². The average Bonchev–Trinajstić information content (AvgIpc) is 2.26. The van der Waals surface area contributed by atoms with Crippen molar-refractivity contribution in [2.45, 2.75) is 4.90 Å². The van der Waals surface area contributed by atoms with Crippen LogP contribution in [0.3, 0.4) is 0 Å². The summed E-state index contributed by atoms with van der Waals surface area (Å²) in [6.07, 6.45) is 0. The van der Waals surface area contributed by atoms with Crippen LogP contribution in [0.5, 0.6) is 0 Å². The molecule has 0 bridgehead atoms. The maximum absolute atomic E-state index is 10.9. The Morgan fingerprint density at radius 3 is 2.39 bits per heavy atom. The second-order valence-electron chi connectivity index (χ2n) is 3.39. The molecule has 0 aliphatic rings. The van der Waals surface area contributed by atoms with Gasteiger partial charge in [0.15, 0.2) is 0 Å². The minimum absolute atomic E-state index is 0. The minimum atomic E-state index is -4.36. The molecule has 0 saturated heterocycles. The zero-order valence-corrected chi connectivity index (χ0v) is 13.3. The van der Waals surface area contributed by atoms with Crippen molar-refractivity contribution in [3.63, 3.8) is 0 Å². The molecule has 0 spiro atoms. The molecule has 0 atom stereocenters. The fourth-order valence-corrected chi connectivity index (χ4v) is 2.06. The van der Waals surface area contributed by atoms with Crippen LogP contribution in [-0.2, 0) is 10.1 Å². The number of nitro groups is 1. The van der Waals surface area contributed by atoms with Gasteiger partial charge in [-0.05, 0) is 17.5 Å².